The molecule has 0 radical (unpaired) electrons. The SMILES string of the molecule is CCNC(=NCC(=O)N1CCCCC1)NCCCN1CCOCC1.I. The zero-order valence-corrected chi connectivity index (χ0v) is 17.8. The van der Waals surface area contributed by atoms with Gasteiger partial charge in [0.2, 0.25) is 5.91 Å². The summed E-state index contributed by atoms with van der Waals surface area (Å²) < 4.78 is 5.36. The molecule has 25 heavy (non-hydrogen) atoms. The van der Waals surface area contributed by atoms with E-state index in [0.717, 1.165) is 84.2 Å². The average molecular weight is 467 g/mol. The summed E-state index contributed by atoms with van der Waals surface area (Å²) in [6, 6.07) is 0. The van der Waals surface area contributed by atoms with Crippen molar-refractivity contribution in [2.24, 2.45) is 4.99 Å². The number of likely N-dealkylation sites (tertiary alicyclic amines) is 1. The van der Waals surface area contributed by atoms with Crippen molar-refractivity contribution in [2.75, 3.05) is 65.6 Å². The molecule has 2 aliphatic heterocycles. The predicted octanol–water partition coefficient (Wildman–Crippen LogP) is 0.894. The Balaban J connectivity index is 0.00000312. The highest BCUT2D eigenvalue weighted by Crippen LogP contribution is 2.08. The molecule has 0 unspecified atom stereocenters. The Bertz CT molecular complexity index is 396. The van der Waals surface area contributed by atoms with Crippen LogP contribution >= 0.6 is 24.0 Å². The first-order valence-electron chi connectivity index (χ1n) is 9.39. The Labute approximate surface area is 169 Å². The van der Waals surface area contributed by atoms with E-state index in [1.54, 1.807) is 0 Å². The van der Waals surface area contributed by atoms with Gasteiger partial charge in [-0.05, 0) is 39.2 Å². The molecular formula is C17H34IN5O2. The molecule has 1 amide bonds. The minimum Gasteiger partial charge on any atom is -0.379 e. The first-order valence-corrected chi connectivity index (χ1v) is 9.39. The van der Waals surface area contributed by atoms with Crippen molar-refractivity contribution >= 4 is 35.8 Å². The highest BCUT2D eigenvalue weighted by Gasteiger charge is 2.16. The number of morpholine rings is 1. The molecule has 2 rings (SSSR count). The third-order valence-corrected chi connectivity index (χ3v) is 4.47. The van der Waals surface area contributed by atoms with Crippen LogP contribution in [0.3, 0.4) is 0 Å². The smallest absolute Gasteiger partial charge is 0.244 e. The van der Waals surface area contributed by atoms with Crippen LogP contribution in [0.4, 0.5) is 0 Å². The number of halogens is 1. The standard InChI is InChI=1S/C17H33N5O2.HI/c1-2-18-17(19-7-6-8-21-11-13-24-14-12-21)20-15-16(23)22-9-4-3-5-10-22;/h2-15H2,1H3,(H2,18,19,20);1H. The lowest BCUT2D eigenvalue weighted by molar-refractivity contribution is -0.130. The number of carbonyl (C=O) groups is 1. The number of nitrogens with zero attached hydrogens (tertiary/aromatic N) is 3. The highest BCUT2D eigenvalue weighted by atomic mass is 127. The zero-order chi connectivity index (χ0) is 17.0. The molecule has 2 saturated heterocycles. The van der Waals surface area contributed by atoms with Gasteiger partial charge in [-0.3, -0.25) is 9.69 Å². The third-order valence-electron chi connectivity index (χ3n) is 4.47. The Morgan fingerprint density at radius 2 is 1.80 bits per heavy atom. The summed E-state index contributed by atoms with van der Waals surface area (Å²) >= 11 is 0. The number of hydrogen-bond donors (Lipinski definition) is 2. The fraction of sp³-hybridized carbons (Fsp3) is 0.882. The Hall–Kier alpha value is -0.610. The number of carbonyl (C=O) groups excluding carboxylic acids is 1. The fourth-order valence-corrected chi connectivity index (χ4v) is 3.07. The zero-order valence-electron chi connectivity index (χ0n) is 15.5. The summed E-state index contributed by atoms with van der Waals surface area (Å²) in [5.41, 5.74) is 0. The summed E-state index contributed by atoms with van der Waals surface area (Å²) in [5.74, 6) is 0.880. The molecule has 0 spiro atoms. The maximum atomic E-state index is 12.2. The third kappa shape index (κ3) is 9.05. The van der Waals surface area contributed by atoms with E-state index in [2.05, 4.69) is 20.5 Å². The first-order chi connectivity index (χ1) is 11.8. The van der Waals surface area contributed by atoms with Gasteiger partial charge < -0.3 is 20.3 Å². The van der Waals surface area contributed by atoms with Gasteiger partial charge in [0, 0.05) is 39.3 Å². The van der Waals surface area contributed by atoms with Crippen molar-refractivity contribution in [3.05, 3.63) is 0 Å². The Kier molecular flexibility index (Phi) is 12.2. The van der Waals surface area contributed by atoms with Gasteiger partial charge in [-0.1, -0.05) is 0 Å². The molecule has 0 aromatic rings. The molecule has 0 aliphatic carbocycles. The molecule has 8 heteroatoms. The highest BCUT2D eigenvalue weighted by molar-refractivity contribution is 14.0. The van der Waals surface area contributed by atoms with Crippen LogP contribution in [0.15, 0.2) is 4.99 Å². The molecule has 2 heterocycles. The van der Waals surface area contributed by atoms with Crippen molar-refractivity contribution in [1.29, 1.82) is 0 Å². The van der Waals surface area contributed by atoms with Gasteiger partial charge in [0.1, 0.15) is 6.54 Å². The molecular weight excluding hydrogens is 433 g/mol. The lowest BCUT2D eigenvalue weighted by Crippen LogP contribution is -2.42. The number of aliphatic imine (C=N–C) groups is 1. The Morgan fingerprint density at radius 3 is 2.48 bits per heavy atom. The van der Waals surface area contributed by atoms with Crippen LogP contribution < -0.4 is 10.6 Å². The van der Waals surface area contributed by atoms with Gasteiger partial charge >= 0.3 is 0 Å². The van der Waals surface area contributed by atoms with Crippen LogP contribution in [0.5, 0.6) is 0 Å². The van der Waals surface area contributed by atoms with Crippen molar-refractivity contribution in [1.82, 2.24) is 20.4 Å². The van der Waals surface area contributed by atoms with E-state index in [4.69, 9.17) is 4.74 Å². The second-order valence-electron chi connectivity index (χ2n) is 6.37. The first kappa shape index (κ1) is 22.4. The summed E-state index contributed by atoms with van der Waals surface area (Å²) in [6.07, 6.45) is 4.54. The summed E-state index contributed by atoms with van der Waals surface area (Å²) in [4.78, 5) is 21.0. The lowest BCUT2D eigenvalue weighted by Gasteiger charge is -2.26. The lowest BCUT2D eigenvalue weighted by atomic mass is 10.1. The minimum atomic E-state index is 0. The molecule has 0 atom stereocenters. The quantitative estimate of drug-likeness (QED) is 0.252. The minimum absolute atomic E-state index is 0. The van der Waals surface area contributed by atoms with E-state index in [1.807, 2.05) is 11.8 Å². The van der Waals surface area contributed by atoms with Crippen LogP contribution in [-0.4, -0.2) is 87.2 Å². The molecule has 0 bridgehead atoms. The molecule has 2 aliphatic rings. The van der Waals surface area contributed by atoms with Gasteiger partial charge in [0.05, 0.1) is 13.2 Å². The van der Waals surface area contributed by atoms with E-state index < -0.39 is 0 Å². The van der Waals surface area contributed by atoms with Crippen molar-refractivity contribution in [3.63, 3.8) is 0 Å². The number of ether oxygens (including phenoxy) is 1. The maximum Gasteiger partial charge on any atom is 0.244 e. The number of piperidine rings is 1. The summed E-state index contributed by atoms with van der Waals surface area (Å²) in [6.45, 7) is 10.5. The van der Waals surface area contributed by atoms with Gasteiger partial charge in [0.15, 0.2) is 5.96 Å². The average Bonchev–Trinajstić information content (AvgIpc) is 2.64. The number of rotatable bonds is 7. The topological polar surface area (TPSA) is 69.2 Å². The van der Waals surface area contributed by atoms with E-state index in [-0.39, 0.29) is 36.4 Å². The van der Waals surface area contributed by atoms with Gasteiger partial charge in [-0.2, -0.15) is 0 Å². The molecule has 0 saturated carbocycles. The van der Waals surface area contributed by atoms with Gasteiger partial charge in [-0.15, -0.1) is 24.0 Å². The summed E-state index contributed by atoms with van der Waals surface area (Å²) in [7, 11) is 0. The molecule has 7 nitrogen and oxygen atoms in total. The van der Waals surface area contributed by atoms with Crippen molar-refractivity contribution in [3.8, 4) is 0 Å². The van der Waals surface area contributed by atoms with E-state index in [9.17, 15) is 4.79 Å². The van der Waals surface area contributed by atoms with Crippen LogP contribution in [0.2, 0.25) is 0 Å². The number of amides is 1. The summed E-state index contributed by atoms with van der Waals surface area (Å²) in [5, 5.41) is 6.54. The number of nitrogens with one attached hydrogen (secondary N) is 2. The van der Waals surface area contributed by atoms with Crippen LogP contribution in [0.25, 0.3) is 0 Å². The molecule has 2 fully saturated rings. The van der Waals surface area contributed by atoms with Gasteiger partial charge in [-0.25, -0.2) is 4.99 Å². The largest absolute Gasteiger partial charge is 0.379 e. The van der Waals surface area contributed by atoms with Gasteiger partial charge in [0.25, 0.3) is 0 Å². The monoisotopic (exact) mass is 467 g/mol. The van der Waals surface area contributed by atoms with Crippen LogP contribution in [-0.2, 0) is 9.53 Å². The normalized spacial score (nSPS) is 19.2. The Morgan fingerprint density at radius 1 is 1.08 bits per heavy atom. The second kappa shape index (κ2) is 13.6. The molecule has 0 aromatic carbocycles. The predicted molar refractivity (Wildman–Crippen MR) is 112 cm³/mol. The van der Waals surface area contributed by atoms with E-state index in [1.165, 1.54) is 6.42 Å². The van der Waals surface area contributed by atoms with Crippen LogP contribution in [0.1, 0.15) is 32.6 Å². The second-order valence-corrected chi connectivity index (χ2v) is 6.37. The molecule has 146 valence electrons. The fourth-order valence-electron chi connectivity index (χ4n) is 3.07. The van der Waals surface area contributed by atoms with E-state index in [0.29, 0.717) is 0 Å². The van der Waals surface area contributed by atoms with Crippen LogP contribution in [0, 0.1) is 0 Å². The molecule has 2 N–H and O–H groups in total. The molecule has 0 aromatic heterocycles. The maximum absolute atomic E-state index is 12.2. The number of guanidine groups is 1. The van der Waals surface area contributed by atoms with E-state index >= 15 is 0 Å². The number of hydrogen-bond acceptors (Lipinski definition) is 4. The van der Waals surface area contributed by atoms with Crippen molar-refractivity contribution in [2.45, 2.75) is 32.6 Å². The van der Waals surface area contributed by atoms with Crippen molar-refractivity contribution < 1.29 is 9.53 Å².